The number of alkyl halides is 1. The minimum absolute atomic E-state index is 0.0404. The summed E-state index contributed by atoms with van der Waals surface area (Å²) in [4.78, 5) is 11.6. The highest BCUT2D eigenvalue weighted by Crippen LogP contribution is 2.44. The predicted molar refractivity (Wildman–Crippen MR) is 129 cm³/mol. The van der Waals surface area contributed by atoms with E-state index >= 15 is 0 Å². The van der Waals surface area contributed by atoms with Gasteiger partial charge in [-0.05, 0) is 75.3 Å². The molecule has 0 radical (unpaired) electrons. The zero-order valence-corrected chi connectivity index (χ0v) is 20.3. The Morgan fingerprint density at radius 2 is 1.90 bits per heavy atom. The number of carbonyl (C=O) groups excluding carboxylic acids is 1. The van der Waals surface area contributed by atoms with Gasteiger partial charge in [0.15, 0.2) is 0 Å². The van der Waals surface area contributed by atoms with E-state index in [0.717, 1.165) is 50.5 Å². The molecule has 1 aliphatic carbocycles. The lowest BCUT2D eigenvalue weighted by molar-refractivity contribution is -0.147. The fraction of sp³-hybridized carbons (Fsp3) is 0.667. The molecule has 0 bridgehead atoms. The zero-order valence-electron chi connectivity index (χ0n) is 19.6. The maximum atomic E-state index is 11.6. The molecule has 3 nitrogen and oxygen atoms in total. The molecule has 0 spiro atoms. The van der Waals surface area contributed by atoms with E-state index in [9.17, 15) is 9.90 Å². The van der Waals surface area contributed by atoms with Crippen molar-refractivity contribution in [1.82, 2.24) is 0 Å². The number of unbranched alkanes of at least 4 members (excludes halogenated alkanes) is 3. The molecule has 174 valence electrons. The molecule has 31 heavy (non-hydrogen) atoms. The molecule has 0 aliphatic heterocycles. The Morgan fingerprint density at radius 3 is 2.58 bits per heavy atom. The number of hydrogen-bond donors (Lipinski definition) is 1. The van der Waals surface area contributed by atoms with Crippen LogP contribution in [0, 0.1) is 5.92 Å². The second kappa shape index (κ2) is 14.0. The summed E-state index contributed by atoms with van der Waals surface area (Å²) in [6, 6.07) is 8.57. The molecule has 0 amide bonds. The van der Waals surface area contributed by atoms with Crippen LogP contribution in [0.4, 0.5) is 0 Å². The predicted octanol–water partition coefficient (Wildman–Crippen LogP) is 7.47. The van der Waals surface area contributed by atoms with Crippen molar-refractivity contribution in [2.24, 2.45) is 5.92 Å². The Balaban J connectivity index is 1.82. The lowest BCUT2D eigenvalue weighted by atomic mass is 9.85. The summed E-state index contributed by atoms with van der Waals surface area (Å²) in [5, 5.41) is 10.6. The van der Waals surface area contributed by atoms with E-state index in [0.29, 0.717) is 18.3 Å². The largest absolute Gasteiger partial charge is 0.463 e. The first-order valence-corrected chi connectivity index (χ1v) is 12.6. The van der Waals surface area contributed by atoms with Crippen molar-refractivity contribution in [1.29, 1.82) is 0 Å². The molecule has 4 atom stereocenters. The number of carbonyl (C=O) groups is 1. The number of aliphatic hydroxyl groups excluding tert-OH is 1. The summed E-state index contributed by atoms with van der Waals surface area (Å²) in [6.45, 7) is 5.94. The first-order chi connectivity index (χ1) is 14.9. The van der Waals surface area contributed by atoms with E-state index < -0.39 is 0 Å². The van der Waals surface area contributed by atoms with Crippen molar-refractivity contribution < 1.29 is 14.6 Å². The van der Waals surface area contributed by atoms with Gasteiger partial charge in [0, 0.05) is 11.8 Å². The van der Waals surface area contributed by atoms with E-state index in [1.807, 2.05) is 13.8 Å². The van der Waals surface area contributed by atoms with E-state index in [-0.39, 0.29) is 23.6 Å². The summed E-state index contributed by atoms with van der Waals surface area (Å²) in [7, 11) is 0. The zero-order chi connectivity index (χ0) is 22.6. The summed E-state index contributed by atoms with van der Waals surface area (Å²) in [5.41, 5.74) is 2.36. The van der Waals surface area contributed by atoms with Crippen molar-refractivity contribution >= 4 is 17.6 Å². The summed E-state index contributed by atoms with van der Waals surface area (Å²) in [5.74, 6) is 0.794. The van der Waals surface area contributed by atoms with Crippen LogP contribution in [-0.4, -0.2) is 22.6 Å². The van der Waals surface area contributed by atoms with Crippen LogP contribution in [0.15, 0.2) is 36.4 Å². The van der Waals surface area contributed by atoms with Crippen LogP contribution >= 0.6 is 11.6 Å². The normalized spacial score (nSPS) is 22.3. The number of halogens is 1. The monoisotopic (exact) mass is 448 g/mol. The van der Waals surface area contributed by atoms with E-state index in [4.69, 9.17) is 16.3 Å². The number of rotatable bonds is 13. The van der Waals surface area contributed by atoms with Crippen LogP contribution in [0.2, 0.25) is 0 Å². The molecule has 0 heterocycles. The van der Waals surface area contributed by atoms with Gasteiger partial charge in [-0.15, -0.1) is 11.6 Å². The summed E-state index contributed by atoms with van der Waals surface area (Å²) in [6.07, 6.45) is 13.6. The molecule has 1 fully saturated rings. The lowest BCUT2D eigenvalue weighted by Gasteiger charge is -2.21. The van der Waals surface area contributed by atoms with Crippen molar-refractivity contribution in [3.05, 3.63) is 47.5 Å². The second-order valence-electron chi connectivity index (χ2n) is 9.18. The number of ether oxygens (including phenoxy) is 1. The van der Waals surface area contributed by atoms with Crippen LogP contribution in [0.3, 0.4) is 0 Å². The molecular weight excluding hydrogens is 408 g/mol. The first-order valence-electron chi connectivity index (χ1n) is 12.2. The van der Waals surface area contributed by atoms with Gasteiger partial charge in [-0.25, -0.2) is 0 Å². The van der Waals surface area contributed by atoms with Gasteiger partial charge in [-0.1, -0.05) is 62.6 Å². The molecule has 4 heteroatoms. The maximum absolute atomic E-state index is 11.6. The number of benzene rings is 1. The molecule has 2 rings (SSSR count). The standard InChI is InChI=1S/C27H41ClO3/c1-4-5-8-12-26(29)22-16-14-21(15-17-22)23-18-19-25(28)24(23)11-9-6-7-10-13-27(30)31-20(2)3/h6,9,14-17,20,23-26,29H,4-5,7-8,10-13,18-19H2,1-3H3/b9-6-/t23-,24-,25-,26+/m1/s1. The molecule has 0 saturated heterocycles. The van der Waals surface area contributed by atoms with Crippen LogP contribution in [0.1, 0.15) is 108 Å². The third kappa shape index (κ3) is 8.98. The number of aliphatic hydroxyl groups is 1. The molecule has 1 aromatic rings. The minimum atomic E-state index is -0.360. The molecule has 0 unspecified atom stereocenters. The highest BCUT2D eigenvalue weighted by atomic mass is 35.5. The van der Waals surface area contributed by atoms with E-state index in [1.54, 1.807) is 0 Å². The van der Waals surface area contributed by atoms with Crippen molar-refractivity contribution in [2.75, 3.05) is 0 Å². The van der Waals surface area contributed by atoms with Crippen LogP contribution < -0.4 is 0 Å². The van der Waals surface area contributed by atoms with Gasteiger partial charge >= 0.3 is 5.97 Å². The minimum Gasteiger partial charge on any atom is -0.463 e. The van der Waals surface area contributed by atoms with Crippen molar-refractivity contribution in [2.45, 2.75) is 108 Å². The topological polar surface area (TPSA) is 46.5 Å². The average molecular weight is 449 g/mol. The van der Waals surface area contributed by atoms with Gasteiger partial charge < -0.3 is 9.84 Å². The second-order valence-corrected chi connectivity index (χ2v) is 9.74. The highest BCUT2D eigenvalue weighted by molar-refractivity contribution is 6.21. The Morgan fingerprint density at radius 1 is 1.16 bits per heavy atom. The van der Waals surface area contributed by atoms with Gasteiger partial charge in [0.25, 0.3) is 0 Å². The van der Waals surface area contributed by atoms with Gasteiger partial charge in [0.1, 0.15) is 0 Å². The van der Waals surface area contributed by atoms with Crippen LogP contribution in [0.25, 0.3) is 0 Å². The third-order valence-corrected chi connectivity index (χ3v) is 6.80. The van der Waals surface area contributed by atoms with E-state index in [1.165, 1.54) is 18.4 Å². The Bertz CT molecular complexity index is 668. The Labute approximate surface area is 194 Å². The molecule has 1 aromatic carbocycles. The Kier molecular flexibility index (Phi) is 11.7. The quantitative estimate of drug-likeness (QED) is 0.147. The first kappa shape index (κ1) is 25.9. The summed E-state index contributed by atoms with van der Waals surface area (Å²) >= 11 is 6.67. The number of esters is 1. The highest BCUT2D eigenvalue weighted by Gasteiger charge is 2.34. The van der Waals surface area contributed by atoms with Crippen LogP contribution in [-0.2, 0) is 9.53 Å². The SMILES string of the molecule is CCCCC[C@H](O)c1ccc([C@H]2CC[C@@H](Cl)[C@@H]2C/C=C\CCCC(=O)OC(C)C)cc1. The average Bonchev–Trinajstić information content (AvgIpc) is 3.10. The molecule has 1 N–H and O–H groups in total. The van der Waals surface area contributed by atoms with Gasteiger partial charge in [-0.3, -0.25) is 4.79 Å². The van der Waals surface area contributed by atoms with Crippen LogP contribution in [0.5, 0.6) is 0 Å². The molecule has 1 aliphatic rings. The Hall–Kier alpha value is -1.32. The third-order valence-electron chi connectivity index (χ3n) is 6.26. The molecule has 1 saturated carbocycles. The molecule has 0 aromatic heterocycles. The maximum Gasteiger partial charge on any atom is 0.306 e. The van der Waals surface area contributed by atoms with Crippen molar-refractivity contribution in [3.8, 4) is 0 Å². The van der Waals surface area contributed by atoms with Gasteiger partial charge in [-0.2, -0.15) is 0 Å². The summed E-state index contributed by atoms with van der Waals surface area (Å²) < 4.78 is 5.17. The van der Waals surface area contributed by atoms with E-state index in [2.05, 4.69) is 43.3 Å². The van der Waals surface area contributed by atoms with Gasteiger partial charge in [0.05, 0.1) is 12.2 Å². The molecular formula is C27H41ClO3. The number of allylic oxidation sites excluding steroid dienone is 2. The fourth-order valence-corrected chi connectivity index (χ4v) is 4.93. The van der Waals surface area contributed by atoms with Gasteiger partial charge in [0.2, 0.25) is 0 Å². The lowest BCUT2D eigenvalue weighted by Crippen LogP contribution is -2.13. The smallest absolute Gasteiger partial charge is 0.306 e. The number of hydrogen-bond acceptors (Lipinski definition) is 3. The van der Waals surface area contributed by atoms with Crippen molar-refractivity contribution in [3.63, 3.8) is 0 Å². The fourth-order valence-electron chi connectivity index (χ4n) is 4.52.